The summed E-state index contributed by atoms with van der Waals surface area (Å²) in [6.45, 7) is 23.7. The Bertz CT molecular complexity index is 1270. The third-order valence-electron chi connectivity index (χ3n) is 7.50. The van der Waals surface area contributed by atoms with Crippen molar-refractivity contribution in [2.75, 3.05) is 0 Å². The molecule has 4 aromatic carbocycles. The van der Waals surface area contributed by atoms with E-state index in [0.717, 1.165) is 0 Å². The van der Waals surface area contributed by atoms with Gasteiger partial charge in [-0.3, -0.25) is 0 Å². The standard InChI is InChI=1S/C37H52B2P2/c1-24-11-25(2)16-34(15-24)40(38,35-17-26(3)12-27(4)18-35)32(9)23-33(10)41(39,36-19-28(5)13-29(6)20-36)37-21-30(7)14-31(8)22-37/h11-22,32-33H,23H2,1-10,38-39H3/t32-,33-/m0/s1. The van der Waals surface area contributed by atoms with Crippen LogP contribution in [0.4, 0.5) is 0 Å². The van der Waals surface area contributed by atoms with Crippen LogP contribution < -0.4 is 21.2 Å². The Kier molecular flexibility index (Phi) is 9.49. The zero-order valence-electron chi connectivity index (χ0n) is 25.7. The second-order valence-corrected chi connectivity index (χ2v) is 17.4. The van der Waals surface area contributed by atoms with Gasteiger partial charge in [-0.2, -0.15) is 0 Å². The molecule has 0 aliphatic heterocycles. The summed E-state index contributed by atoms with van der Waals surface area (Å²) in [4.78, 5) is 0. The molecule has 2 atom stereocenters. The first-order valence-corrected chi connectivity index (χ1v) is 17.1. The molecule has 4 heteroatoms. The first kappa shape index (κ1) is 31.8. The molecule has 4 rings (SSSR count). The van der Waals surface area contributed by atoms with Gasteiger partial charge in [-0.25, -0.2) is 0 Å². The molecule has 0 aromatic heterocycles. The van der Waals surface area contributed by atoms with Crippen LogP contribution in [0.25, 0.3) is 0 Å². The molecule has 0 aliphatic rings. The molecule has 4 aromatic rings. The van der Waals surface area contributed by atoms with Crippen molar-refractivity contribution in [3.05, 3.63) is 117 Å². The lowest BCUT2D eigenvalue weighted by molar-refractivity contribution is 0.789. The molecule has 0 amide bonds. The molecule has 0 heterocycles. The molecule has 0 N–H and O–H groups in total. The van der Waals surface area contributed by atoms with Gasteiger partial charge in [-0.1, -0.05) is 38.5 Å². The lowest BCUT2D eigenvalue weighted by Gasteiger charge is -2.42. The van der Waals surface area contributed by atoms with Gasteiger partial charge in [0.1, 0.15) is 15.1 Å². The highest BCUT2D eigenvalue weighted by Crippen LogP contribution is 2.63. The fraction of sp³-hybridized carbons (Fsp3) is 0.351. The molecule has 0 saturated carbocycles. The van der Waals surface area contributed by atoms with Crippen LogP contribution in [-0.2, 0) is 0 Å². The first-order valence-electron chi connectivity index (χ1n) is 14.3. The fourth-order valence-corrected chi connectivity index (χ4v) is 13.0. The van der Waals surface area contributed by atoms with Crippen LogP contribution >= 0.6 is 14.3 Å². The van der Waals surface area contributed by atoms with Crippen molar-refractivity contribution in [1.29, 1.82) is 0 Å². The van der Waals surface area contributed by atoms with Gasteiger partial charge in [0.2, 0.25) is 0 Å². The van der Waals surface area contributed by atoms with Crippen molar-refractivity contribution >= 4 is 50.6 Å². The quantitative estimate of drug-likeness (QED) is 0.165. The van der Waals surface area contributed by atoms with Crippen LogP contribution in [0.1, 0.15) is 64.8 Å². The van der Waals surface area contributed by atoms with Crippen molar-refractivity contribution < 1.29 is 0 Å². The SMILES string of the molecule is [BH3-][P+](c1cc(C)cc(C)c1)(c1cc(C)cc(C)c1)[C@@H](C)C[C@H](C)[P+]([BH3-])(c1cc(C)cc(C)c1)c1cc(C)cc(C)c1. The number of hydrogen-bond donors (Lipinski definition) is 0. The maximum absolute atomic E-state index is 2.65. The molecule has 0 spiro atoms. The van der Waals surface area contributed by atoms with Gasteiger partial charge in [0.15, 0.2) is 0 Å². The minimum absolute atomic E-state index is 0.0280. The average molecular weight is 580 g/mol. The average Bonchev–Trinajstić information content (AvgIpc) is 2.85. The third-order valence-corrected chi connectivity index (χ3v) is 12.9. The Labute approximate surface area is 254 Å². The van der Waals surface area contributed by atoms with Gasteiger partial charge < -0.3 is 0 Å². The Balaban J connectivity index is 1.89. The van der Waals surface area contributed by atoms with Gasteiger partial charge in [0, 0.05) is 17.7 Å². The summed E-state index contributed by atoms with van der Waals surface area (Å²) in [5.41, 5.74) is 12.8. The monoisotopic (exact) mass is 580 g/mol. The highest BCUT2D eigenvalue weighted by Gasteiger charge is 2.43. The van der Waals surface area contributed by atoms with Crippen molar-refractivity contribution in [1.82, 2.24) is 0 Å². The van der Waals surface area contributed by atoms with Crippen LogP contribution in [0, 0.1) is 55.4 Å². The lowest BCUT2D eigenvalue weighted by atomic mass is 10.1. The van der Waals surface area contributed by atoms with E-state index < -0.39 is 14.3 Å². The minimum Gasteiger partial charge on any atom is -0.0899 e. The molecule has 0 bridgehead atoms. The van der Waals surface area contributed by atoms with E-state index >= 15 is 0 Å². The predicted octanol–water partition coefficient (Wildman–Crippen LogP) is 6.52. The Morgan fingerprint density at radius 1 is 0.390 bits per heavy atom. The maximum atomic E-state index is 2.65. The van der Waals surface area contributed by atoms with Crippen molar-refractivity contribution in [3.63, 3.8) is 0 Å². The largest absolute Gasteiger partial charge is 0.138 e. The Hall–Kier alpha value is -2.13. The van der Waals surface area contributed by atoms with Crippen molar-refractivity contribution in [2.24, 2.45) is 0 Å². The van der Waals surface area contributed by atoms with Crippen LogP contribution in [0.15, 0.2) is 72.8 Å². The van der Waals surface area contributed by atoms with Gasteiger partial charge >= 0.3 is 0 Å². The minimum atomic E-state index is -1.42. The lowest BCUT2D eigenvalue weighted by Crippen LogP contribution is -2.36. The zero-order valence-corrected chi connectivity index (χ0v) is 27.5. The molecule has 0 unspecified atom stereocenters. The Morgan fingerprint density at radius 3 is 0.732 bits per heavy atom. The van der Waals surface area contributed by atoms with Crippen LogP contribution in [0.2, 0.25) is 0 Å². The van der Waals surface area contributed by atoms with E-state index in [1.54, 1.807) is 21.2 Å². The summed E-state index contributed by atoms with van der Waals surface area (Å²) in [6, 6.07) is 30.0. The molecule has 0 nitrogen and oxygen atoms in total. The van der Waals surface area contributed by atoms with Gasteiger partial charge in [-0.15, -0.1) is 0 Å². The van der Waals surface area contributed by atoms with Gasteiger partial charge in [-0.05, 0) is 162 Å². The number of rotatable bonds is 8. The molecule has 41 heavy (non-hydrogen) atoms. The molecule has 216 valence electrons. The summed E-state index contributed by atoms with van der Waals surface area (Å²) in [6.07, 6.45) is 1.33. The smallest absolute Gasteiger partial charge is 0.0899 e. The molecule has 0 aliphatic carbocycles. The molecule has 0 saturated heterocycles. The second-order valence-electron chi connectivity index (χ2n) is 12.1. The van der Waals surface area contributed by atoms with Crippen molar-refractivity contribution in [3.8, 4) is 0 Å². The Morgan fingerprint density at radius 2 is 0.561 bits per heavy atom. The topological polar surface area (TPSA) is 0 Å². The van der Waals surface area contributed by atoms with Gasteiger partial charge in [0.05, 0.1) is 21.2 Å². The summed E-state index contributed by atoms with van der Waals surface area (Å²) in [5, 5.41) is 6.74. The second kappa shape index (κ2) is 12.2. The first-order chi connectivity index (χ1) is 19.1. The maximum Gasteiger partial charge on any atom is 0.138 e. The third kappa shape index (κ3) is 6.61. The van der Waals surface area contributed by atoms with E-state index in [-0.39, 0.29) is 15.1 Å². The van der Waals surface area contributed by atoms with Crippen LogP contribution in [-0.4, -0.2) is 26.4 Å². The van der Waals surface area contributed by atoms with E-state index in [2.05, 4.69) is 142 Å². The summed E-state index contributed by atoms with van der Waals surface area (Å²) in [5.74, 6) is 0. The highest BCUT2D eigenvalue weighted by atomic mass is 31.2. The molecule has 0 radical (unpaired) electrons. The highest BCUT2D eigenvalue weighted by molar-refractivity contribution is 8.09. The number of aryl methyl sites for hydroxylation is 8. The molecular weight excluding hydrogens is 528 g/mol. The van der Waals surface area contributed by atoms with E-state index in [9.17, 15) is 0 Å². The van der Waals surface area contributed by atoms with E-state index in [1.807, 2.05) is 0 Å². The van der Waals surface area contributed by atoms with Crippen LogP contribution in [0.3, 0.4) is 0 Å². The summed E-state index contributed by atoms with van der Waals surface area (Å²) in [7, 11) is -2.79. The summed E-state index contributed by atoms with van der Waals surface area (Å²) >= 11 is 0. The van der Waals surface area contributed by atoms with E-state index in [0.29, 0.717) is 11.3 Å². The van der Waals surface area contributed by atoms with Gasteiger partial charge in [0.25, 0.3) is 0 Å². The normalized spacial score (nSPS) is 13.8. The summed E-state index contributed by atoms with van der Waals surface area (Å²) < 4.78 is 0. The molecular formula is C37H52B2P2. The number of benzene rings is 4. The fourth-order valence-electron chi connectivity index (χ4n) is 6.38. The van der Waals surface area contributed by atoms with E-state index in [4.69, 9.17) is 0 Å². The zero-order chi connectivity index (χ0) is 30.3. The predicted molar refractivity (Wildman–Crippen MR) is 199 cm³/mol. The van der Waals surface area contributed by atoms with Crippen molar-refractivity contribution in [2.45, 2.75) is 87.0 Å². The molecule has 0 fully saturated rings. The number of hydrogen-bond acceptors (Lipinski definition) is 0. The van der Waals surface area contributed by atoms with E-state index in [1.165, 1.54) is 50.9 Å². The van der Waals surface area contributed by atoms with Crippen LogP contribution in [0.5, 0.6) is 0 Å².